The van der Waals surface area contributed by atoms with Crippen LogP contribution >= 0.6 is 16.1 Å². The second kappa shape index (κ2) is 2.74. The van der Waals surface area contributed by atoms with Gasteiger partial charge in [0.2, 0.25) is 0 Å². The molecule has 1 aliphatic heterocycles. The van der Waals surface area contributed by atoms with Crippen LogP contribution in [0, 0.1) is 5.41 Å². The second-order valence-corrected chi connectivity index (χ2v) is 5.49. The van der Waals surface area contributed by atoms with Crippen LogP contribution in [0.3, 0.4) is 0 Å². The average molecular weight is 220 g/mol. The van der Waals surface area contributed by atoms with E-state index in [1.165, 1.54) is 19.4 Å². The van der Waals surface area contributed by atoms with Crippen LogP contribution in [0.4, 0.5) is 0 Å². The van der Waals surface area contributed by atoms with Gasteiger partial charge in [0.1, 0.15) is 0 Å². The molecule has 0 atom stereocenters. The monoisotopic (exact) mass is 219 g/mol. The largest absolute Gasteiger partial charge is 0.236 e. The van der Waals surface area contributed by atoms with Crippen LogP contribution in [0.15, 0.2) is 0 Å². The second-order valence-electron chi connectivity index (χ2n) is 4.63. The zero-order valence-corrected chi connectivity index (χ0v) is 9.53. The van der Waals surface area contributed by atoms with Crippen molar-refractivity contribution in [1.29, 1.82) is 0 Å². The van der Waals surface area contributed by atoms with Gasteiger partial charge in [-0.05, 0) is 32.1 Å². The number of hydrogen-bond acceptors (Lipinski definition) is 1. The van der Waals surface area contributed by atoms with Gasteiger partial charge in [-0.25, -0.2) is 3.93 Å². The SMILES string of the molecule is CC1(C)CCCN(Br)C1(C)C. The molecule has 0 aromatic rings. The molecule has 1 fully saturated rings. The van der Waals surface area contributed by atoms with Gasteiger partial charge in [-0.2, -0.15) is 0 Å². The molecular formula is C9H18BrN. The Bertz CT molecular complexity index is 152. The Morgan fingerprint density at radius 3 is 2.09 bits per heavy atom. The third-order valence-electron chi connectivity index (χ3n) is 3.42. The van der Waals surface area contributed by atoms with E-state index >= 15 is 0 Å². The summed E-state index contributed by atoms with van der Waals surface area (Å²) >= 11 is 3.62. The zero-order valence-electron chi connectivity index (χ0n) is 7.95. The van der Waals surface area contributed by atoms with Crippen molar-refractivity contribution in [2.24, 2.45) is 5.41 Å². The van der Waals surface area contributed by atoms with Gasteiger partial charge in [-0.3, -0.25) is 0 Å². The number of nitrogens with zero attached hydrogens (tertiary/aromatic N) is 1. The lowest BCUT2D eigenvalue weighted by Gasteiger charge is -2.50. The summed E-state index contributed by atoms with van der Waals surface area (Å²) in [6.07, 6.45) is 2.64. The van der Waals surface area contributed by atoms with Crippen molar-refractivity contribution >= 4 is 16.1 Å². The minimum absolute atomic E-state index is 0.283. The Labute approximate surface area is 78.5 Å². The molecule has 66 valence electrons. The van der Waals surface area contributed by atoms with Gasteiger partial charge in [-0.1, -0.05) is 13.8 Å². The Balaban J connectivity index is 2.82. The summed E-state index contributed by atoms with van der Waals surface area (Å²) in [5.74, 6) is 0. The predicted molar refractivity (Wildman–Crippen MR) is 52.7 cm³/mol. The average Bonchev–Trinajstić information content (AvgIpc) is 1.84. The molecule has 0 aromatic heterocycles. The lowest BCUT2D eigenvalue weighted by Crippen LogP contribution is -2.53. The quantitative estimate of drug-likeness (QED) is 0.566. The van der Waals surface area contributed by atoms with Crippen LogP contribution in [0.25, 0.3) is 0 Å². The van der Waals surface area contributed by atoms with E-state index in [-0.39, 0.29) is 5.54 Å². The normalized spacial score (nSPS) is 30.3. The standard InChI is InChI=1S/C9H18BrN/c1-8(2)6-5-7-11(10)9(8,3)4/h5-7H2,1-4H3. The minimum Gasteiger partial charge on any atom is -0.236 e. The van der Waals surface area contributed by atoms with E-state index in [1.807, 2.05) is 0 Å². The van der Waals surface area contributed by atoms with Crippen LogP contribution in [0.1, 0.15) is 40.5 Å². The third-order valence-corrected chi connectivity index (χ3v) is 4.66. The Hall–Kier alpha value is 0.440. The number of halogens is 1. The van der Waals surface area contributed by atoms with Crippen LogP contribution in [0.2, 0.25) is 0 Å². The molecule has 1 heterocycles. The van der Waals surface area contributed by atoms with Gasteiger partial charge >= 0.3 is 0 Å². The highest BCUT2D eigenvalue weighted by Gasteiger charge is 2.43. The van der Waals surface area contributed by atoms with Gasteiger partial charge in [-0.15, -0.1) is 0 Å². The van der Waals surface area contributed by atoms with E-state index in [2.05, 4.69) is 47.8 Å². The highest BCUT2D eigenvalue weighted by atomic mass is 79.9. The van der Waals surface area contributed by atoms with Crippen LogP contribution in [-0.2, 0) is 0 Å². The van der Waals surface area contributed by atoms with Crippen LogP contribution in [0.5, 0.6) is 0 Å². The maximum absolute atomic E-state index is 3.62. The molecule has 0 saturated carbocycles. The molecule has 0 bridgehead atoms. The fourth-order valence-electron chi connectivity index (χ4n) is 1.57. The van der Waals surface area contributed by atoms with E-state index in [4.69, 9.17) is 0 Å². The van der Waals surface area contributed by atoms with E-state index < -0.39 is 0 Å². The molecule has 1 rings (SSSR count). The van der Waals surface area contributed by atoms with E-state index in [0.717, 1.165) is 0 Å². The summed E-state index contributed by atoms with van der Waals surface area (Å²) in [6, 6.07) is 0. The van der Waals surface area contributed by atoms with Crippen LogP contribution in [-0.4, -0.2) is 16.0 Å². The molecule has 0 N–H and O–H groups in total. The molecule has 0 amide bonds. The first-order chi connectivity index (χ1) is 4.88. The first-order valence-electron chi connectivity index (χ1n) is 4.31. The van der Waals surface area contributed by atoms with Gasteiger partial charge < -0.3 is 0 Å². The molecule has 0 aliphatic carbocycles. The summed E-state index contributed by atoms with van der Waals surface area (Å²) in [5.41, 5.74) is 0.708. The fraction of sp³-hybridized carbons (Fsp3) is 1.00. The number of hydrogen-bond donors (Lipinski definition) is 0. The lowest BCUT2D eigenvalue weighted by molar-refractivity contribution is 0.0411. The highest BCUT2D eigenvalue weighted by molar-refractivity contribution is 9.07. The van der Waals surface area contributed by atoms with Crippen LogP contribution < -0.4 is 0 Å². The maximum Gasteiger partial charge on any atom is 0.0311 e. The van der Waals surface area contributed by atoms with Gasteiger partial charge in [0, 0.05) is 28.2 Å². The van der Waals surface area contributed by atoms with Crippen molar-refractivity contribution in [1.82, 2.24) is 3.93 Å². The summed E-state index contributed by atoms with van der Waals surface area (Å²) in [6.45, 7) is 10.5. The first-order valence-corrected chi connectivity index (χ1v) is 5.02. The van der Waals surface area contributed by atoms with Crippen molar-refractivity contribution < 1.29 is 0 Å². The van der Waals surface area contributed by atoms with Gasteiger partial charge in [0.15, 0.2) is 0 Å². The molecule has 1 nitrogen and oxygen atoms in total. The maximum atomic E-state index is 3.62. The fourth-order valence-corrected chi connectivity index (χ4v) is 2.30. The Morgan fingerprint density at radius 2 is 1.73 bits per heavy atom. The van der Waals surface area contributed by atoms with Crippen molar-refractivity contribution in [3.05, 3.63) is 0 Å². The van der Waals surface area contributed by atoms with Gasteiger partial charge in [0.05, 0.1) is 0 Å². The Morgan fingerprint density at radius 1 is 1.18 bits per heavy atom. The molecule has 1 saturated heterocycles. The van der Waals surface area contributed by atoms with E-state index in [1.54, 1.807) is 0 Å². The summed E-state index contributed by atoms with van der Waals surface area (Å²) < 4.78 is 2.30. The van der Waals surface area contributed by atoms with Crippen molar-refractivity contribution in [3.8, 4) is 0 Å². The molecule has 11 heavy (non-hydrogen) atoms. The molecule has 0 radical (unpaired) electrons. The van der Waals surface area contributed by atoms with Crippen molar-refractivity contribution in [2.45, 2.75) is 46.1 Å². The first kappa shape index (κ1) is 9.53. The van der Waals surface area contributed by atoms with Gasteiger partial charge in [0.25, 0.3) is 0 Å². The van der Waals surface area contributed by atoms with Crippen molar-refractivity contribution in [3.63, 3.8) is 0 Å². The summed E-state index contributed by atoms with van der Waals surface area (Å²) in [4.78, 5) is 0. The number of rotatable bonds is 0. The van der Waals surface area contributed by atoms with E-state index in [0.29, 0.717) is 5.41 Å². The minimum atomic E-state index is 0.283. The number of piperidine rings is 1. The third kappa shape index (κ3) is 1.48. The van der Waals surface area contributed by atoms with Crippen molar-refractivity contribution in [2.75, 3.05) is 6.54 Å². The molecule has 0 spiro atoms. The molecule has 2 heteroatoms. The molecule has 1 aliphatic rings. The Kier molecular flexibility index (Phi) is 2.37. The molecule has 0 aromatic carbocycles. The summed E-state index contributed by atoms with van der Waals surface area (Å²) in [5, 5.41) is 0. The summed E-state index contributed by atoms with van der Waals surface area (Å²) in [7, 11) is 0. The topological polar surface area (TPSA) is 3.24 Å². The highest BCUT2D eigenvalue weighted by Crippen LogP contribution is 2.44. The smallest absolute Gasteiger partial charge is 0.0311 e. The van der Waals surface area contributed by atoms with E-state index in [9.17, 15) is 0 Å². The zero-order chi connectivity index (χ0) is 8.70. The molecule has 0 unspecified atom stereocenters. The molecular weight excluding hydrogens is 202 g/mol. The predicted octanol–water partition coefficient (Wildman–Crippen LogP) is 3.20. The lowest BCUT2D eigenvalue weighted by atomic mass is 9.69.